The van der Waals surface area contributed by atoms with Crippen LogP contribution in [0.1, 0.15) is 27.0 Å². The maximum Gasteiger partial charge on any atom is 0.337 e. The first-order valence-corrected chi connectivity index (χ1v) is 8.85. The Bertz CT molecular complexity index is 888. The minimum atomic E-state index is -0.325. The highest BCUT2D eigenvalue weighted by Crippen LogP contribution is 2.25. The van der Waals surface area contributed by atoms with Gasteiger partial charge in [-0.2, -0.15) is 0 Å². The molecule has 0 saturated heterocycles. The van der Waals surface area contributed by atoms with E-state index in [1.165, 1.54) is 18.2 Å². The van der Waals surface area contributed by atoms with Crippen LogP contribution < -0.4 is 0 Å². The number of rotatable bonds is 5. The topological polar surface area (TPSA) is 57.0 Å². The maximum atomic E-state index is 11.5. The number of hydrogen-bond acceptors (Lipinski definition) is 5. The number of ether oxygens (including phenoxy) is 1. The average molecular weight is 353 g/mol. The molecule has 0 atom stereocenters. The molecule has 5 nitrogen and oxygen atoms in total. The number of aryl methyl sites for hydroxylation is 2. The predicted molar refractivity (Wildman–Crippen MR) is 98.2 cm³/mol. The van der Waals surface area contributed by atoms with E-state index in [0.717, 1.165) is 22.2 Å². The normalized spacial score (nSPS) is 10.7. The van der Waals surface area contributed by atoms with Gasteiger partial charge in [-0.3, -0.25) is 4.57 Å². The van der Waals surface area contributed by atoms with Gasteiger partial charge >= 0.3 is 5.97 Å². The van der Waals surface area contributed by atoms with Crippen LogP contribution >= 0.6 is 11.8 Å². The van der Waals surface area contributed by atoms with E-state index in [-0.39, 0.29) is 5.97 Å². The summed E-state index contributed by atoms with van der Waals surface area (Å²) in [5.74, 6) is 0.416. The second-order valence-electron chi connectivity index (χ2n) is 5.75. The van der Waals surface area contributed by atoms with Gasteiger partial charge in [0.25, 0.3) is 0 Å². The highest BCUT2D eigenvalue weighted by atomic mass is 32.2. The first-order chi connectivity index (χ1) is 12.1. The van der Waals surface area contributed by atoms with Gasteiger partial charge in [0.15, 0.2) is 5.16 Å². The average Bonchev–Trinajstić information content (AvgIpc) is 3.08. The number of nitrogens with zero attached hydrogens (tertiary/aromatic N) is 3. The largest absolute Gasteiger partial charge is 0.465 e. The van der Waals surface area contributed by atoms with Gasteiger partial charge in [0, 0.05) is 5.75 Å². The van der Waals surface area contributed by atoms with E-state index in [1.807, 2.05) is 16.7 Å². The van der Waals surface area contributed by atoms with E-state index in [2.05, 4.69) is 42.2 Å². The van der Waals surface area contributed by atoms with Crippen molar-refractivity contribution in [2.24, 2.45) is 0 Å². The lowest BCUT2D eigenvalue weighted by atomic mass is 10.1. The molecule has 3 aromatic rings. The highest BCUT2D eigenvalue weighted by molar-refractivity contribution is 7.98. The molecular weight excluding hydrogens is 334 g/mol. The lowest BCUT2D eigenvalue weighted by molar-refractivity contribution is 0.0600. The summed E-state index contributed by atoms with van der Waals surface area (Å²) in [5.41, 5.74) is 5.15. The van der Waals surface area contributed by atoms with Gasteiger partial charge in [0.2, 0.25) is 0 Å². The van der Waals surface area contributed by atoms with Crippen molar-refractivity contribution in [2.75, 3.05) is 7.11 Å². The Morgan fingerprint density at radius 1 is 1.16 bits per heavy atom. The lowest BCUT2D eigenvalue weighted by Gasteiger charge is -2.10. The zero-order valence-electron chi connectivity index (χ0n) is 14.4. The van der Waals surface area contributed by atoms with Crippen molar-refractivity contribution in [3.8, 4) is 5.69 Å². The van der Waals surface area contributed by atoms with Gasteiger partial charge in [-0.15, -0.1) is 10.2 Å². The first-order valence-electron chi connectivity index (χ1n) is 7.86. The molecule has 0 aliphatic carbocycles. The van der Waals surface area contributed by atoms with E-state index in [9.17, 15) is 4.79 Å². The van der Waals surface area contributed by atoms with E-state index in [0.29, 0.717) is 5.56 Å². The molecule has 0 amide bonds. The Kier molecular flexibility index (Phi) is 5.19. The molecule has 0 radical (unpaired) electrons. The summed E-state index contributed by atoms with van der Waals surface area (Å²) < 4.78 is 6.72. The van der Waals surface area contributed by atoms with Gasteiger partial charge < -0.3 is 4.74 Å². The van der Waals surface area contributed by atoms with Crippen LogP contribution in [0.4, 0.5) is 0 Å². The first kappa shape index (κ1) is 17.2. The van der Waals surface area contributed by atoms with Crippen LogP contribution in [0, 0.1) is 13.8 Å². The third-order valence-corrected chi connectivity index (χ3v) is 4.89. The maximum absolute atomic E-state index is 11.5. The van der Waals surface area contributed by atoms with Crippen LogP contribution in [0.15, 0.2) is 53.9 Å². The molecule has 0 fully saturated rings. The van der Waals surface area contributed by atoms with E-state index < -0.39 is 0 Å². The molecule has 3 rings (SSSR count). The minimum Gasteiger partial charge on any atom is -0.465 e. The second kappa shape index (κ2) is 7.53. The predicted octanol–water partition coefficient (Wildman–Crippen LogP) is 3.96. The monoisotopic (exact) mass is 353 g/mol. The van der Waals surface area contributed by atoms with Gasteiger partial charge in [-0.05, 0) is 43.2 Å². The molecule has 2 aromatic carbocycles. The summed E-state index contributed by atoms with van der Waals surface area (Å²) >= 11 is 1.61. The fourth-order valence-corrected chi connectivity index (χ4v) is 3.44. The van der Waals surface area contributed by atoms with Gasteiger partial charge in [0.05, 0.1) is 18.4 Å². The van der Waals surface area contributed by atoms with Gasteiger partial charge in [0.1, 0.15) is 6.33 Å². The molecule has 0 bridgehead atoms. The van der Waals surface area contributed by atoms with Crippen LogP contribution in [-0.2, 0) is 10.5 Å². The summed E-state index contributed by atoms with van der Waals surface area (Å²) in [6.45, 7) is 4.17. The quantitative estimate of drug-likeness (QED) is 0.513. The Morgan fingerprint density at radius 3 is 2.60 bits per heavy atom. The molecule has 0 aliphatic rings. The van der Waals surface area contributed by atoms with Crippen molar-refractivity contribution in [3.05, 3.63) is 71.0 Å². The smallest absolute Gasteiger partial charge is 0.337 e. The van der Waals surface area contributed by atoms with Crippen molar-refractivity contribution < 1.29 is 9.53 Å². The number of hydrogen-bond donors (Lipinski definition) is 0. The SMILES string of the molecule is COC(=O)c1ccc(CSc2nncn2-c2ccc(C)cc2C)cc1. The molecule has 6 heteroatoms. The van der Waals surface area contributed by atoms with E-state index in [1.54, 1.807) is 30.2 Å². The zero-order valence-corrected chi connectivity index (χ0v) is 15.2. The summed E-state index contributed by atoms with van der Waals surface area (Å²) in [4.78, 5) is 11.5. The van der Waals surface area contributed by atoms with Crippen molar-refractivity contribution in [3.63, 3.8) is 0 Å². The number of carbonyl (C=O) groups is 1. The lowest BCUT2D eigenvalue weighted by Crippen LogP contribution is -2.01. The van der Waals surface area contributed by atoms with Crippen LogP contribution in [-0.4, -0.2) is 27.8 Å². The molecule has 0 N–H and O–H groups in total. The van der Waals surface area contributed by atoms with E-state index in [4.69, 9.17) is 4.74 Å². The molecule has 1 aromatic heterocycles. The number of thioether (sulfide) groups is 1. The Hall–Kier alpha value is -2.60. The highest BCUT2D eigenvalue weighted by Gasteiger charge is 2.10. The number of benzene rings is 2. The number of carbonyl (C=O) groups excluding carboxylic acids is 1. The fraction of sp³-hybridized carbons (Fsp3) is 0.211. The van der Waals surface area contributed by atoms with Crippen LogP contribution in [0.2, 0.25) is 0 Å². The molecule has 1 heterocycles. The molecule has 0 unspecified atom stereocenters. The van der Waals surface area contributed by atoms with Crippen molar-refractivity contribution in [2.45, 2.75) is 24.8 Å². The molecule has 0 aliphatic heterocycles. The van der Waals surface area contributed by atoms with Crippen LogP contribution in [0.25, 0.3) is 5.69 Å². The Labute approximate surface area is 151 Å². The standard InChI is InChI=1S/C19H19N3O2S/c1-13-4-9-17(14(2)10-13)22-12-20-21-19(22)25-11-15-5-7-16(8-6-15)18(23)24-3/h4-10,12H,11H2,1-3H3. The Morgan fingerprint density at radius 2 is 1.92 bits per heavy atom. The van der Waals surface area contributed by atoms with Crippen molar-refractivity contribution in [1.82, 2.24) is 14.8 Å². The zero-order chi connectivity index (χ0) is 17.8. The minimum absolute atomic E-state index is 0.325. The summed E-state index contributed by atoms with van der Waals surface area (Å²) in [6.07, 6.45) is 1.74. The van der Waals surface area contributed by atoms with Gasteiger partial charge in [-0.25, -0.2) is 4.79 Å². The second-order valence-corrected chi connectivity index (χ2v) is 6.69. The Balaban J connectivity index is 1.74. The molecule has 0 saturated carbocycles. The third-order valence-electron chi connectivity index (χ3n) is 3.87. The summed E-state index contributed by atoms with van der Waals surface area (Å²) in [6, 6.07) is 13.7. The van der Waals surface area contributed by atoms with Crippen molar-refractivity contribution >= 4 is 17.7 Å². The number of aromatic nitrogens is 3. The summed E-state index contributed by atoms with van der Waals surface area (Å²) in [7, 11) is 1.38. The van der Waals surface area contributed by atoms with Crippen molar-refractivity contribution in [1.29, 1.82) is 0 Å². The third kappa shape index (κ3) is 3.91. The van der Waals surface area contributed by atoms with Crippen LogP contribution in [0.3, 0.4) is 0 Å². The number of esters is 1. The molecule has 128 valence electrons. The van der Waals surface area contributed by atoms with Crippen LogP contribution in [0.5, 0.6) is 0 Å². The fourth-order valence-electron chi connectivity index (χ4n) is 2.57. The van der Waals surface area contributed by atoms with E-state index >= 15 is 0 Å². The molecular formula is C19H19N3O2S. The molecule has 25 heavy (non-hydrogen) atoms. The molecule has 0 spiro atoms. The van der Waals surface area contributed by atoms with Gasteiger partial charge in [-0.1, -0.05) is 41.6 Å². The number of methoxy groups -OCH3 is 1. The summed E-state index contributed by atoms with van der Waals surface area (Å²) in [5, 5.41) is 9.12.